The summed E-state index contributed by atoms with van der Waals surface area (Å²) >= 11 is 0. The number of nitrogens with one attached hydrogen (secondary N) is 1. The quantitative estimate of drug-likeness (QED) is 0.441. The molecular formula is C26H21N5O. The van der Waals surface area contributed by atoms with Gasteiger partial charge in [0.15, 0.2) is 0 Å². The third-order valence-electron chi connectivity index (χ3n) is 5.25. The van der Waals surface area contributed by atoms with Gasteiger partial charge in [0.1, 0.15) is 12.2 Å². The van der Waals surface area contributed by atoms with Crippen molar-refractivity contribution in [3.05, 3.63) is 103 Å². The summed E-state index contributed by atoms with van der Waals surface area (Å²) in [5.41, 5.74) is 5.37. The highest BCUT2D eigenvalue weighted by Crippen LogP contribution is 2.34. The van der Waals surface area contributed by atoms with E-state index in [0.717, 1.165) is 39.0 Å². The molecule has 0 radical (unpaired) electrons. The molecule has 0 saturated carbocycles. The third-order valence-corrected chi connectivity index (χ3v) is 5.25. The molecule has 32 heavy (non-hydrogen) atoms. The molecule has 6 nitrogen and oxygen atoms in total. The van der Waals surface area contributed by atoms with Crippen molar-refractivity contribution in [2.75, 3.05) is 0 Å². The van der Waals surface area contributed by atoms with E-state index in [1.54, 1.807) is 17.1 Å². The largest absolute Gasteiger partial charge is 0.350 e. The molecule has 0 fully saturated rings. The lowest BCUT2D eigenvalue weighted by Crippen LogP contribution is -2.27. The second-order valence-corrected chi connectivity index (χ2v) is 7.44. The Balaban J connectivity index is 1.49. The van der Waals surface area contributed by atoms with Gasteiger partial charge in [0.05, 0.1) is 11.2 Å². The first kappa shape index (κ1) is 19.6. The van der Waals surface area contributed by atoms with Crippen molar-refractivity contribution in [1.29, 1.82) is 0 Å². The number of para-hydroxylation sites is 1. The lowest BCUT2D eigenvalue weighted by atomic mass is 10.0. The van der Waals surface area contributed by atoms with E-state index in [9.17, 15) is 4.79 Å². The second kappa shape index (κ2) is 8.81. The molecule has 1 N–H and O–H groups in total. The number of amides is 1. The van der Waals surface area contributed by atoms with Crippen LogP contribution >= 0.6 is 0 Å². The molecule has 3 aromatic heterocycles. The summed E-state index contributed by atoms with van der Waals surface area (Å²) in [6, 6.07) is 25.6. The lowest BCUT2D eigenvalue weighted by molar-refractivity contribution is -0.122. The molecule has 2 aromatic carbocycles. The third kappa shape index (κ3) is 4.11. The van der Waals surface area contributed by atoms with Gasteiger partial charge in [0, 0.05) is 36.1 Å². The van der Waals surface area contributed by atoms with Gasteiger partial charge in [-0.3, -0.25) is 19.4 Å². The van der Waals surface area contributed by atoms with Crippen LogP contribution < -0.4 is 5.32 Å². The maximum Gasteiger partial charge on any atom is 0.241 e. The zero-order valence-corrected chi connectivity index (χ0v) is 17.3. The van der Waals surface area contributed by atoms with Crippen molar-refractivity contribution in [3.8, 4) is 22.5 Å². The van der Waals surface area contributed by atoms with Crippen LogP contribution in [0.15, 0.2) is 97.5 Å². The Kier molecular flexibility index (Phi) is 5.41. The van der Waals surface area contributed by atoms with E-state index in [1.165, 1.54) is 0 Å². The van der Waals surface area contributed by atoms with Crippen LogP contribution in [0, 0.1) is 0 Å². The van der Waals surface area contributed by atoms with E-state index >= 15 is 0 Å². The van der Waals surface area contributed by atoms with E-state index < -0.39 is 0 Å². The molecule has 5 aromatic rings. The summed E-state index contributed by atoms with van der Waals surface area (Å²) in [4.78, 5) is 21.6. The summed E-state index contributed by atoms with van der Waals surface area (Å²) in [6.07, 6.45) is 5.45. The van der Waals surface area contributed by atoms with Crippen LogP contribution in [0.2, 0.25) is 0 Å². The number of pyridine rings is 2. The van der Waals surface area contributed by atoms with Crippen LogP contribution in [-0.2, 0) is 17.9 Å². The first-order chi connectivity index (χ1) is 15.8. The van der Waals surface area contributed by atoms with Crippen molar-refractivity contribution >= 4 is 16.8 Å². The number of rotatable bonds is 6. The predicted octanol–water partition coefficient (Wildman–Crippen LogP) is 4.48. The fourth-order valence-electron chi connectivity index (χ4n) is 3.72. The van der Waals surface area contributed by atoms with Crippen molar-refractivity contribution in [3.63, 3.8) is 0 Å². The number of aromatic nitrogens is 4. The average Bonchev–Trinajstić information content (AvgIpc) is 3.27. The zero-order valence-electron chi connectivity index (χ0n) is 17.3. The number of fused-ring (bicyclic) bond motifs is 1. The molecule has 156 valence electrons. The number of carbonyl (C=O) groups is 1. The summed E-state index contributed by atoms with van der Waals surface area (Å²) < 4.78 is 1.68. The van der Waals surface area contributed by atoms with Gasteiger partial charge in [-0.1, -0.05) is 54.6 Å². The summed E-state index contributed by atoms with van der Waals surface area (Å²) in [5.74, 6) is -0.102. The van der Waals surface area contributed by atoms with Crippen molar-refractivity contribution in [1.82, 2.24) is 25.1 Å². The molecular weight excluding hydrogens is 398 g/mol. The Morgan fingerprint density at radius 3 is 2.47 bits per heavy atom. The normalized spacial score (nSPS) is 10.9. The molecule has 0 saturated heterocycles. The summed E-state index contributed by atoms with van der Waals surface area (Å²) in [7, 11) is 0. The Hall–Kier alpha value is -4.32. The van der Waals surface area contributed by atoms with Gasteiger partial charge in [0.25, 0.3) is 0 Å². The van der Waals surface area contributed by atoms with E-state index in [4.69, 9.17) is 5.10 Å². The Morgan fingerprint density at radius 1 is 0.812 bits per heavy atom. The molecule has 3 heterocycles. The first-order valence-electron chi connectivity index (χ1n) is 10.4. The van der Waals surface area contributed by atoms with Gasteiger partial charge in [-0.25, -0.2) is 0 Å². The molecule has 0 aliphatic carbocycles. The van der Waals surface area contributed by atoms with Gasteiger partial charge in [0.2, 0.25) is 5.91 Å². The predicted molar refractivity (Wildman–Crippen MR) is 124 cm³/mol. The van der Waals surface area contributed by atoms with Crippen molar-refractivity contribution in [2.45, 2.75) is 13.1 Å². The summed E-state index contributed by atoms with van der Waals surface area (Å²) in [5, 5.41) is 8.72. The van der Waals surface area contributed by atoms with Crippen molar-refractivity contribution < 1.29 is 4.79 Å². The maximum absolute atomic E-state index is 12.6. The van der Waals surface area contributed by atoms with E-state index in [2.05, 4.69) is 15.3 Å². The molecule has 0 unspecified atom stereocenters. The highest BCUT2D eigenvalue weighted by atomic mass is 16.2. The SMILES string of the molecule is O=C(Cn1cc(-c2ccnc3ccccc23)c(-c2ccccn2)n1)NCc1ccccc1. The Morgan fingerprint density at radius 2 is 1.62 bits per heavy atom. The van der Waals surface area contributed by atoms with Crippen molar-refractivity contribution in [2.24, 2.45) is 0 Å². The molecule has 0 aliphatic rings. The van der Waals surface area contributed by atoms with Crippen LogP contribution in [0.5, 0.6) is 0 Å². The average molecular weight is 419 g/mol. The molecule has 0 spiro atoms. The standard InChI is InChI=1S/C26H21N5O/c32-25(29-16-19-8-2-1-3-9-19)18-31-17-22(26(30-31)24-12-6-7-14-27-24)20-13-15-28-23-11-5-4-10-21(20)23/h1-15,17H,16,18H2,(H,29,32). The molecule has 0 aliphatic heterocycles. The van der Waals surface area contributed by atoms with Gasteiger partial charge in [-0.2, -0.15) is 5.10 Å². The van der Waals surface area contributed by atoms with Gasteiger partial charge >= 0.3 is 0 Å². The Bertz CT molecular complexity index is 1360. The molecule has 5 rings (SSSR count). The fraction of sp³-hybridized carbons (Fsp3) is 0.0769. The minimum absolute atomic E-state index is 0.102. The number of carbonyl (C=O) groups excluding carboxylic acids is 1. The zero-order chi connectivity index (χ0) is 21.8. The Labute approximate surface area is 185 Å². The highest BCUT2D eigenvalue weighted by Gasteiger charge is 2.17. The van der Waals surface area contributed by atoms with E-state index in [-0.39, 0.29) is 12.5 Å². The number of hydrogen-bond donors (Lipinski definition) is 1. The smallest absolute Gasteiger partial charge is 0.241 e. The number of benzene rings is 2. The highest BCUT2D eigenvalue weighted by molar-refractivity contribution is 5.97. The minimum atomic E-state index is -0.102. The van der Waals surface area contributed by atoms with Gasteiger partial charge < -0.3 is 5.32 Å². The molecule has 1 amide bonds. The molecule has 0 atom stereocenters. The van der Waals surface area contributed by atoms with E-state index in [0.29, 0.717) is 6.54 Å². The monoisotopic (exact) mass is 419 g/mol. The topological polar surface area (TPSA) is 72.7 Å². The lowest BCUT2D eigenvalue weighted by Gasteiger charge is -2.06. The molecule has 0 bridgehead atoms. The first-order valence-corrected chi connectivity index (χ1v) is 10.4. The van der Waals surface area contributed by atoms with Crippen LogP contribution in [-0.4, -0.2) is 25.7 Å². The van der Waals surface area contributed by atoms with Crippen LogP contribution in [0.3, 0.4) is 0 Å². The summed E-state index contributed by atoms with van der Waals surface area (Å²) in [6.45, 7) is 0.603. The molecule has 6 heteroatoms. The van der Waals surface area contributed by atoms with Crippen LogP contribution in [0.25, 0.3) is 33.4 Å². The van der Waals surface area contributed by atoms with Gasteiger partial charge in [-0.05, 0) is 35.4 Å². The fourth-order valence-corrected chi connectivity index (χ4v) is 3.72. The number of nitrogens with zero attached hydrogens (tertiary/aromatic N) is 4. The van der Waals surface area contributed by atoms with Crippen LogP contribution in [0.4, 0.5) is 0 Å². The second-order valence-electron chi connectivity index (χ2n) is 7.44. The number of hydrogen-bond acceptors (Lipinski definition) is 4. The maximum atomic E-state index is 12.6. The van der Waals surface area contributed by atoms with E-state index in [1.807, 2.05) is 85.1 Å². The van der Waals surface area contributed by atoms with Crippen LogP contribution in [0.1, 0.15) is 5.56 Å². The van der Waals surface area contributed by atoms with Gasteiger partial charge in [-0.15, -0.1) is 0 Å². The minimum Gasteiger partial charge on any atom is -0.350 e.